The number of nitrogens with one attached hydrogen (secondary N) is 2. The predicted molar refractivity (Wildman–Crippen MR) is 128 cm³/mol. The molecule has 5 heteroatoms. The molecule has 0 spiro atoms. The van der Waals surface area contributed by atoms with Crippen molar-refractivity contribution in [3.8, 4) is 0 Å². The van der Waals surface area contributed by atoms with Gasteiger partial charge in [-0.05, 0) is 70.9 Å². The summed E-state index contributed by atoms with van der Waals surface area (Å²) in [5.74, 6) is 0.179. The molecule has 2 saturated carbocycles. The van der Waals surface area contributed by atoms with E-state index in [9.17, 15) is 9.59 Å². The molecule has 4 aliphatic carbocycles. The summed E-state index contributed by atoms with van der Waals surface area (Å²) in [6.45, 7) is 0. The second kappa shape index (κ2) is 10.2. The van der Waals surface area contributed by atoms with E-state index in [0.717, 1.165) is 32.0 Å². The number of hydrogen-bond donors (Lipinski definition) is 2. The third kappa shape index (κ3) is 6.01. The zero-order valence-electron chi connectivity index (χ0n) is 18.2. The van der Waals surface area contributed by atoms with Crippen LogP contribution in [0.2, 0.25) is 0 Å². The van der Waals surface area contributed by atoms with Gasteiger partial charge in [0, 0.05) is 52.7 Å². The van der Waals surface area contributed by atoms with Gasteiger partial charge >= 0.3 is 0 Å². The molecular weight excluding hydrogens is 460 g/mol. The fraction of sp³-hybridized carbons (Fsp3) is 0.214. The van der Waals surface area contributed by atoms with Gasteiger partial charge in [-0.1, -0.05) is 48.5 Å². The van der Waals surface area contributed by atoms with Crippen molar-refractivity contribution in [2.75, 3.05) is 0 Å². The summed E-state index contributed by atoms with van der Waals surface area (Å²) < 4.78 is 0. The topological polar surface area (TPSA) is 58.2 Å². The van der Waals surface area contributed by atoms with E-state index in [2.05, 4.69) is 10.6 Å². The molecule has 2 aromatic carbocycles. The third-order valence-electron chi connectivity index (χ3n) is 5.86. The number of fused-ring (bicyclic) bond motifs is 2. The quantitative estimate of drug-likeness (QED) is 0.499. The van der Waals surface area contributed by atoms with E-state index < -0.39 is 0 Å². The Hall–Kier alpha value is -3.14. The monoisotopic (exact) mass is 485 g/mol. The summed E-state index contributed by atoms with van der Waals surface area (Å²) in [6.07, 6.45) is 15.9. The van der Waals surface area contributed by atoms with Crippen LogP contribution in [0.5, 0.6) is 0 Å². The van der Waals surface area contributed by atoms with Gasteiger partial charge in [-0.15, -0.1) is 0 Å². The third-order valence-corrected chi connectivity index (χ3v) is 5.86. The van der Waals surface area contributed by atoms with E-state index in [1.54, 1.807) is 12.2 Å². The Morgan fingerprint density at radius 3 is 1.24 bits per heavy atom. The van der Waals surface area contributed by atoms with E-state index in [4.69, 9.17) is 0 Å². The number of hydrogen-bond acceptors (Lipinski definition) is 4. The van der Waals surface area contributed by atoms with E-state index in [1.807, 2.05) is 73.1 Å². The van der Waals surface area contributed by atoms with Crippen molar-refractivity contribution in [1.29, 1.82) is 0 Å². The molecule has 1 radical (unpaired) electrons. The van der Waals surface area contributed by atoms with Crippen LogP contribution >= 0.6 is 0 Å². The van der Waals surface area contributed by atoms with E-state index >= 15 is 0 Å². The smallest absolute Gasteiger partial charge is 0.187 e. The maximum absolute atomic E-state index is 11.8. The first-order valence-electron chi connectivity index (χ1n) is 11.2. The summed E-state index contributed by atoms with van der Waals surface area (Å²) in [4.78, 5) is 23.6. The summed E-state index contributed by atoms with van der Waals surface area (Å²) in [6, 6.07) is 17.1. The first-order chi connectivity index (χ1) is 15.7. The van der Waals surface area contributed by atoms with Crippen molar-refractivity contribution in [1.82, 2.24) is 10.6 Å². The maximum atomic E-state index is 11.8. The van der Waals surface area contributed by atoms with Crippen LogP contribution in [-0.2, 0) is 26.7 Å². The standard InChI is InChI=1S/2C14H13NO.Cu/c2*16-14-8-11-4-2-1-3-10(11)7-12(14)9-15-13-5-6-13;/h2*1-4,7-9,13,15H,5-6H2;. The molecule has 0 unspecified atom stereocenters. The Kier molecular flexibility index (Phi) is 7.12. The van der Waals surface area contributed by atoms with Crippen molar-refractivity contribution in [2.45, 2.75) is 37.8 Å². The molecule has 0 bridgehead atoms. The molecule has 2 aromatic rings. The molecule has 0 heterocycles. The minimum atomic E-state index is 0. The SMILES string of the molecule is O=C1C=c2ccccc2=CC1=CNC1CC1.O=C1C=c2ccccc2=CC1=CNC1CC1.[Cu]. The molecule has 2 N–H and O–H groups in total. The van der Waals surface area contributed by atoms with Crippen LogP contribution in [0.4, 0.5) is 0 Å². The molecule has 0 aliphatic heterocycles. The minimum absolute atomic E-state index is 0. The molecule has 4 nitrogen and oxygen atoms in total. The molecule has 171 valence electrons. The molecule has 0 aromatic heterocycles. The van der Waals surface area contributed by atoms with Crippen LogP contribution in [0.3, 0.4) is 0 Å². The first-order valence-corrected chi connectivity index (χ1v) is 11.2. The van der Waals surface area contributed by atoms with Crippen LogP contribution in [0, 0.1) is 0 Å². The van der Waals surface area contributed by atoms with E-state index in [1.165, 1.54) is 25.7 Å². The molecule has 6 rings (SSSR count). The summed E-state index contributed by atoms with van der Waals surface area (Å²) >= 11 is 0. The Bertz CT molecular complexity index is 1270. The van der Waals surface area contributed by atoms with Crippen molar-refractivity contribution < 1.29 is 26.7 Å². The number of ketones is 2. The van der Waals surface area contributed by atoms with Gasteiger partial charge < -0.3 is 10.6 Å². The number of Topliss-reactive ketones (excluding diaryl/α,β-unsaturated/α-hetero) is 2. The Labute approximate surface area is 203 Å². The largest absolute Gasteiger partial charge is 0.388 e. The molecule has 0 saturated heterocycles. The summed E-state index contributed by atoms with van der Waals surface area (Å²) in [7, 11) is 0. The molecule has 2 fully saturated rings. The number of carbonyl (C=O) groups is 2. The van der Waals surface area contributed by atoms with Gasteiger partial charge in [0.1, 0.15) is 0 Å². The molecular formula is C28H26CuN2O2. The average molecular weight is 486 g/mol. The van der Waals surface area contributed by atoms with E-state index in [-0.39, 0.29) is 28.6 Å². The van der Waals surface area contributed by atoms with Gasteiger partial charge in [-0.25, -0.2) is 0 Å². The normalized spacial score (nSPS) is 20.4. The predicted octanol–water partition coefficient (Wildman–Crippen LogP) is 0.930. The number of carbonyl (C=O) groups excluding carboxylic acids is 2. The van der Waals surface area contributed by atoms with Crippen molar-refractivity contribution in [3.63, 3.8) is 0 Å². The summed E-state index contributed by atoms with van der Waals surface area (Å²) in [5, 5.41) is 10.8. The fourth-order valence-corrected chi connectivity index (χ4v) is 3.61. The van der Waals surface area contributed by atoms with Gasteiger partial charge in [0.05, 0.1) is 0 Å². The molecule has 33 heavy (non-hydrogen) atoms. The molecule has 4 aliphatic rings. The molecule has 0 amide bonds. The Morgan fingerprint density at radius 1 is 0.576 bits per heavy atom. The van der Waals surface area contributed by atoms with Crippen LogP contribution < -0.4 is 31.5 Å². The van der Waals surface area contributed by atoms with Crippen LogP contribution in [-0.4, -0.2) is 23.7 Å². The number of benzene rings is 2. The van der Waals surface area contributed by atoms with Gasteiger partial charge in [-0.3, -0.25) is 9.59 Å². The van der Waals surface area contributed by atoms with Gasteiger partial charge in [0.2, 0.25) is 0 Å². The summed E-state index contributed by atoms with van der Waals surface area (Å²) in [5.41, 5.74) is 1.51. The van der Waals surface area contributed by atoms with Gasteiger partial charge in [-0.2, -0.15) is 0 Å². The zero-order valence-corrected chi connectivity index (χ0v) is 19.1. The fourth-order valence-electron chi connectivity index (χ4n) is 3.61. The Morgan fingerprint density at radius 2 is 0.909 bits per heavy atom. The van der Waals surface area contributed by atoms with Crippen molar-refractivity contribution in [3.05, 3.63) is 93.0 Å². The first kappa shape index (κ1) is 23.0. The van der Waals surface area contributed by atoms with Crippen LogP contribution in [0.15, 0.2) is 72.1 Å². The second-order valence-electron chi connectivity index (χ2n) is 8.64. The average Bonchev–Trinajstić information content (AvgIpc) is 3.72. The van der Waals surface area contributed by atoms with Crippen LogP contribution in [0.25, 0.3) is 24.3 Å². The van der Waals surface area contributed by atoms with Crippen molar-refractivity contribution in [2.24, 2.45) is 0 Å². The van der Waals surface area contributed by atoms with Crippen LogP contribution in [0.1, 0.15) is 25.7 Å². The number of rotatable bonds is 4. The van der Waals surface area contributed by atoms with Crippen molar-refractivity contribution >= 4 is 35.9 Å². The number of allylic oxidation sites excluding steroid dienone is 2. The Balaban J connectivity index is 0.000000152. The van der Waals surface area contributed by atoms with Gasteiger partial charge in [0.15, 0.2) is 11.6 Å². The second-order valence-corrected chi connectivity index (χ2v) is 8.64. The minimum Gasteiger partial charge on any atom is -0.388 e. The molecule has 0 atom stereocenters. The van der Waals surface area contributed by atoms with E-state index in [0.29, 0.717) is 12.1 Å². The van der Waals surface area contributed by atoms with Gasteiger partial charge in [0.25, 0.3) is 0 Å². The zero-order chi connectivity index (χ0) is 21.9. The maximum Gasteiger partial charge on any atom is 0.187 e.